The number of benzene rings is 3. The smallest absolute Gasteiger partial charge is 0.325 e. The van der Waals surface area contributed by atoms with Gasteiger partial charge < -0.3 is 19.8 Å². The molecule has 1 saturated heterocycles. The first kappa shape index (κ1) is 26.8. The van der Waals surface area contributed by atoms with E-state index in [-0.39, 0.29) is 5.82 Å². The van der Waals surface area contributed by atoms with Crippen molar-refractivity contribution in [2.45, 2.75) is 18.5 Å². The van der Waals surface area contributed by atoms with Crippen LogP contribution in [0.5, 0.6) is 5.75 Å². The number of H-pyrrole nitrogens is 1. The number of imidazole rings is 1. The first-order chi connectivity index (χ1) is 18.9. The first-order valence-corrected chi connectivity index (χ1v) is 13.4. The van der Waals surface area contributed by atoms with E-state index < -0.39 is 24.0 Å². The molecule has 5 rings (SSSR count). The van der Waals surface area contributed by atoms with Gasteiger partial charge in [-0.1, -0.05) is 42.5 Å². The highest BCUT2D eigenvalue weighted by Gasteiger charge is 2.44. The number of nitrogens with one attached hydrogen (secondary N) is 2. The zero-order valence-corrected chi connectivity index (χ0v) is 23.2. The molecule has 1 aliphatic rings. The average molecular weight is 640 g/mol. The average Bonchev–Trinajstić information content (AvgIpc) is 3.53. The molecule has 1 fully saturated rings. The monoisotopic (exact) mass is 640 g/mol. The number of amides is 3. The summed E-state index contributed by atoms with van der Waals surface area (Å²) >= 11 is 2.05. The summed E-state index contributed by atoms with van der Waals surface area (Å²) in [6.07, 6.45) is 1.86. The number of hydrogen-bond acceptors (Lipinski definition) is 5. The summed E-state index contributed by atoms with van der Waals surface area (Å²) in [5.74, 6) is 0.240. The highest BCUT2D eigenvalue weighted by Crippen LogP contribution is 2.33. The van der Waals surface area contributed by atoms with Crippen LogP contribution < -0.4 is 10.1 Å². The van der Waals surface area contributed by atoms with E-state index in [0.29, 0.717) is 48.0 Å². The van der Waals surface area contributed by atoms with Crippen molar-refractivity contribution in [2.75, 3.05) is 20.3 Å². The molecule has 200 valence electrons. The summed E-state index contributed by atoms with van der Waals surface area (Å²) in [5.41, 5.74) is 2.37. The third-order valence-electron chi connectivity index (χ3n) is 6.46. The zero-order chi connectivity index (χ0) is 27.4. The Hall–Kier alpha value is -3.77. The quantitative estimate of drug-likeness (QED) is 0.137. The van der Waals surface area contributed by atoms with Crippen LogP contribution in [0.2, 0.25) is 0 Å². The van der Waals surface area contributed by atoms with Crippen molar-refractivity contribution >= 4 is 34.5 Å². The van der Waals surface area contributed by atoms with Gasteiger partial charge in [-0.05, 0) is 64.0 Å². The fourth-order valence-electron chi connectivity index (χ4n) is 4.51. The van der Waals surface area contributed by atoms with Gasteiger partial charge in [0.2, 0.25) is 0 Å². The van der Waals surface area contributed by atoms with E-state index in [1.807, 2.05) is 52.9 Å². The van der Waals surface area contributed by atoms with Crippen LogP contribution in [0.4, 0.5) is 9.18 Å². The molecular formula is C29H26FIN4O4. The first-order valence-electron chi connectivity index (χ1n) is 12.3. The number of hydrogen-bond donors (Lipinski definition) is 2. The van der Waals surface area contributed by atoms with Gasteiger partial charge in [-0.25, -0.2) is 14.2 Å². The van der Waals surface area contributed by atoms with Crippen LogP contribution >= 0.6 is 22.6 Å². The van der Waals surface area contributed by atoms with Gasteiger partial charge in [0.05, 0.1) is 18.5 Å². The summed E-state index contributed by atoms with van der Waals surface area (Å²) < 4.78 is 26.0. The third kappa shape index (κ3) is 5.96. The summed E-state index contributed by atoms with van der Waals surface area (Å²) in [6, 6.07) is 19.4. The van der Waals surface area contributed by atoms with Crippen molar-refractivity contribution in [2.24, 2.45) is 0 Å². The lowest BCUT2D eigenvalue weighted by atomic mass is 10.0. The second kappa shape index (κ2) is 12.0. The van der Waals surface area contributed by atoms with Gasteiger partial charge in [0.15, 0.2) is 0 Å². The number of imide groups is 1. The fraction of sp³-hybridized carbons (Fsp3) is 0.207. The normalized spacial score (nSPS) is 15.9. The summed E-state index contributed by atoms with van der Waals surface area (Å²) in [4.78, 5) is 35.8. The highest BCUT2D eigenvalue weighted by molar-refractivity contribution is 14.1. The lowest BCUT2D eigenvalue weighted by molar-refractivity contribution is -0.129. The second-order valence-corrected chi connectivity index (χ2v) is 10.3. The van der Waals surface area contributed by atoms with Gasteiger partial charge in [0.25, 0.3) is 5.91 Å². The van der Waals surface area contributed by atoms with Crippen LogP contribution in [0, 0.1) is 9.39 Å². The highest BCUT2D eigenvalue weighted by atomic mass is 127. The minimum Gasteiger partial charge on any atom is -0.491 e. The molecule has 2 atom stereocenters. The summed E-state index contributed by atoms with van der Waals surface area (Å²) in [7, 11) is 1.60. The number of nitrogens with zero attached hydrogens (tertiary/aromatic N) is 2. The van der Waals surface area contributed by atoms with E-state index >= 15 is 0 Å². The minimum atomic E-state index is -0.855. The van der Waals surface area contributed by atoms with Crippen molar-refractivity contribution in [3.63, 3.8) is 0 Å². The van der Waals surface area contributed by atoms with Crippen molar-refractivity contribution in [3.8, 4) is 17.0 Å². The molecule has 3 aromatic carbocycles. The Morgan fingerprint density at radius 2 is 1.82 bits per heavy atom. The predicted molar refractivity (Wildman–Crippen MR) is 152 cm³/mol. The van der Waals surface area contributed by atoms with Gasteiger partial charge in [-0.3, -0.25) is 9.69 Å². The molecule has 10 heteroatoms. The van der Waals surface area contributed by atoms with Gasteiger partial charge in [0, 0.05) is 22.7 Å². The van der Waals surface area contributed by atoms with Crippen LogP contribution in [0.1, 0.15) is 29.0 Å². The maximum Gasteiger partial charge on any atom is 0.325 e. The molecule has 4 aromatic rings. The van der Waals surface area contributed by atoms with Gasteiger partial charge in [-0.15, -0.1) is 0 Å². The van der Waals surface area contributed by atoms with Gasteiger partial charge in [0.1, 0.15) is 36.1 Å². The van der Waals surface area contributed by atoms with E-state index in [4.69, 9.17) is 9.47 Å². The van der Waals surface area contributed by atoms with E-state index in [0.717, 1.165) is 9.13 Å². The number of aromatic nitrogens is 2. The van der Waals surface area contributed by atoms with Crippen LogP contribution in [-0.4, -0.2) is 47.1 Å². The van der Waals surface area contributed by atoms with E-state index in [1.54, 1.807) is 43.5 Å². The molecule has 0 spiro atoms. The molecule has 1 aromatic heterocycles. The topological polar surface area (TPSA) is 96.6 Å². The maximum atomic E-state index is 14.7. The molecule has 39 heavy (non-hydrogen) atoms. The molecule has 0 radical (unpaired) electrons. The van der Waals surface area contributed by atoms with Crippen LogP contribution in [0.25, 0.3) is 11.3 Å². The third-order valence-corrected chi connectivity index (χ3v) is 7.13. The number of aromatic amines is 1. The predicted octanol–water partition coefficient (Wildman–Crippen LogP) is 5.42. The van der Waals surface area contributed by atoms with Gasteiger partial charge >= 0.3 is 6.03 Å². The fourth-order valence-corrected chi connectivity index (χ4v) is 4.97. The second-order valence-electron chi connectivity index (χ2n) is 9.01. The van der Waals surface area contributed by atoms with Crippen LogP contribution in [0.3, 0.4) is 0 Å². The Kier molecular flexibility index (Phi) is 8.22. The number of rotatable bonds is 10. The number of carbonyl (C=O) groups excluding carboxylic acids is 2. The molecule has 3 amide bonds. The molecule has 8 nitrogen and oxygen atoms in total. The Balaban J connectivity index is 1.43. The maximum absolute atomic E-state index is 14.7. The van der Waals surface area contributed by atoms with E-state index in [1.165, 1.54) is 17.2 Å². The van der Waals surface area contributed by atoms with Crippen molar-refractivity contribution in [1.29, 1.82) is 0 Å². The van der Waals surface area contributed by atoms with E-state index in [2.05, 4.69) is 15.3 Å². The van der Waals surface area contributed by atoms with Crippen molar-refractivity contribution in [3.05, 3.63) is 105 Å². The molecule has 1 unspecified atom stereocenters. The molecular weight excluding hydrogens is 614 g/mol. The zero-order valence-electron chi connectivity index (χ0n) is 21.1. The SMILES string of the molecule is COCCOc1ccc(C2NC(=O)N([C@@H](Cc3ccccc3)c3ncc(-c4ccc(I)cc4F)[nH]3)C2=O)cc1. The van der Waals surface area contributed by atoms with Crippen molar-refractivity contribution < 1.29 is 23.5 Å². The Labute approximate surface area is 238 Å². The lowest BCUT2D eigenvalue weighted by Crippen LogP contribution is -2.36. The number of halogens is 2. The van der Waals surface area contributed by atoms with Crippen LogP contribution in [0.15, 0.2) is 79.0 Å². The largest absolute Gasteiger partial charge is 0.491 e. The van der Waals surface area contributed by atoms with Gasteiger partial charge in [-0.2, -0.15) is 0 Å². The molecule has 0 bridgehead atoms. The summed E-state index contributed by atoms with van der Waals surface area (Å²) in [5, 5.41) is 2.81. The number of urea groups is 1. The number of methoxy groups -OCH3 is 1. The standard InChI is InChI=1S/C29H26FIN4O4/c1-38-13-14-39-21-10-7-19(8-11-21)26-28(36)35(29(37)34-26)25(15-18-5-3-2-4-6-18)27-32-17-24(33-27)22-12-9-20(31)16-23(22)30/h2-12,16-17,25-26H,13-15H2,1H3,(H,32,33)(H,34,37)/t25-,26?/m0/s1. The summed E-state index contributed by atoms with van der Waals surface area (Å²) in [6.45, 7) is 0.864. The molecule has 2 heterocycles. The number of ether oxygens (including phenoxy) is 2. The number of carbonyl (C=O) groups is 2. The van der Waals surface area contributed by atoms with Crippen LogP contribution in [-0.2, 0) is 16.0 Å². The Morgan fingerprint density at radius 3 is 2.54 bits per heavy atom. The lowest BCUT2D eigenvalue weighted by Gasteiger charge is -2.24. The molecule has 1 aliphatic heterocycles. The van der Waals surface area contributed by atoms with E-state index in [9.17, 15) is 14.0 Å². The van der Waals surface area contributed by atoms with Crippen molar-refractivity contribution in [1.82, 2.24) is 20.2 Å². The molecule has 2 N–H and O–H groups in total. The Bertz CT molecular complexity index is 1460. The Morgan fingerprint density at radius 1 is 1.05 bits per heavy atom. The molecule has 0 saturated carbocycles. The molecule has 0 aliphatic carbocycles. The minimum absolute atomic E-state index is 0.334.